The van der Waals surface area contributed by atoms with Crippen LogP contribution >= 0.6 is 27.3 Å². The first kappa shape index (κ1) is 13.9. The molecule has 1 aromatic rings. The predicted molar refractivity (Wildman–Crippen MR) is 69.9 cm³/mol. The van der Waals surface area contributed by atoms with Gasteiger partial charge in [0.1, 0.15) is 5.75 Å². The maximum absolute atomic E-state index is 11.6. The third-order valence-electron chi connectivity index (χ3n) is 2.01. The minimum absolute atomic E-state index is 0.0990. The molecule has 0 aliphatic carbocycles. The number of rotatable bonds is 6. The summed E-state index contributed by atoms with van der Waals surface area (Å²) in [5.41, 5.74) is 0. The first-order valence-electron chi connectivity index (χ1n) is 4.93. The molecule has 0 N–H and O–H groups in total. The minimum Gasteiger partial charge on any atom is -0.292 e. The normalized spacial score (nSPS) is 11.6. The molecule has 0 radical (unpaired) electrons. The number of carbonyl (C=O) groups is 1. The maximum atomic E-state index is 11.6. The molecule has 0 aliphatic heterocycles. The number of unbranched alkanes of at least 4 members (excludes halogenated alkanes) is 1. The van der Waals surface area contributed by atoms with Crippen molar-refractivity contribution in [2.45, 2.75) is 19.8 Å². The summed E-state index contributed by atoms with van der Waals surface area (Å²) in [4.78, 5) is 12.1. The fraction of sp³-hybridized carbons (Fsp3) is 0.500. The van der Waals surface area contributed by atoms with Crippen LogP contribution in [-0.2, 0) is 9.84 Å². The summed E-state index contributed by atoms with van der Waals surface area (Å²) in [5, 5.41) is 0. The van der Waals surface area contributed by atoms with Gasteiger partial charge in [0.25, 0.3) is 0 Å². The highest BCUT2D eigenvalue weighted by atomic mass is 79.9. The lowest BCUT2D eigenvalue weighted by atomic mass is 10.4. The third kappa shape index (κ3) is 4.35. The van der Waals surface area contributed by atoms with Crippen LogP contribution in [0.3, 0.4) is 0 Å². The van der Waals surface area contributed by atoms with E-state index in [4.69, 9.17) is 0 Å². The van der Waals surface area contributed by atoms with Crippen LogP contribution in [0.15, 0.2) is 15.9 Å². The van der Waals surface area contributed by atoms with E-state index in [1.54, 1.807) is 12.1 Å². The molecular formula is C10H13BrO3S2. The molecule has 0 amide bonds. The van der Waals surface area contributed by atoms with E-state index in [2.05, 4.69) is 15.9 Å². The van der Waals surface area contributed by atoms with Crippen molar-refractivity contribution in [3.8, 4) is 0 Å². The molecule has 1 aromatic heterocycles. The first-order chi connectivity index (χ1) is 7.44. The number of hydrogen-bond donors (Lipinski definition) is 0. The van der Waals surface area contributed by atoms with E-state index in [1.165, 1.54) is 11.3 Å². The average molecular weight is 325 g/mol. The predicted octanol–water partition coefficient (Wildman–Crippen LogP) is 2.91. The van der Waals surface area contributed by atoms with Gasteiger partial charge in [-0.25, -0.2) is 8.42 Å². The van der Waals surface area contributed by atoms with E-state index < -0.39 is 9.84 Å². The van der Waals surface area contributed by atoms with Crippen LogP contribution in [0.4, 0.5) is 0 Å². The van der Waals surface area contributed by atoms with Gasteiger partial charge in [-0.05, 0) is 34.5 Å². The molecule has 0 fully saturated rings. The van der Waals surface area contributed by atoms with Crippen LogP contribution in [0.25, 0.3) is 0 Å². The Balaban J connectivity index is 2.64. The number of carbonyl (C=O) groups excluding carboxylic acids is 1. The molecule has 0 saturated heterocycles. The van der Waals surface area contributed by atoms with E-state index >= 15 is 0 Å². The van der Waals surface area contributed by atoms with Crippen molar-refractivity contribution < 1.29 is 13.2 Å². The lowest BCUT2D eigenvalue weighted by molar-refractivity contribution is 0.102. The first-order valence-corrected chi connectivity index (χ1v) is 8.36. The Kier molecular flexibility index (Phi) is 5.14. The van der Waals surface area contributed by atoms with Crippen LogP contribution < -0.4 is 0 Å². The van der Waals surface area contributed by atoms with E-state index in [0.29, 0.717) is 11.3 Å². The van der Waals surface area contributed by atoms with Crippen LogP contribution in [0.2, 0.25) is 0 Å². The molecular weight excluding hydrogens is 312 g/mol. The van der Waals surface area contributed by atoms with Crippen molar-refractivity contribution in [2.24, 2.45) is 0 Å². The van der Waals surface area contributed by atoms with Crippen LogP contribution in [-0.4, -0.2) is 25.7 Å². The van der Waals surface area contributed by atoms with Crippen molar-refractivity contribution in [3.63, 3.8) is 0 Å². The van der Waals surface area contributed by atoms with Crippen molar-refractivity contribution in [1.82, 2.24) is 0 Å². The molecule has 0 aromatic carbocycles. The molecule has 3 nitrogen and oxygen atoms in total. The maximum Gasteiger partial charge on any atom is 0.187 e. The van der Waals surface area contributed by atoms with Gasteiger partial charge in [-0.1, -0.05) is 13.3 Å². The largest absolute Gasteiger partial charge is 0.292 e. The summed E-state index contributed by atoms with van der Waals surface area (Å²) in [7, 11) is -3.24. The van der Waals surface area contributed by atoms with Crippen molar-refractivity contribution in [2.75, 3.05) is 11.5 Å². The summed E-state index contributed by atoms with van der Waals surface area (Å²) in [6.07, 6.45) is 1.43. The van der Waals surface area contributed by atoms with E-state index in [1.807, 2.05) is 6.92 Å². The summed E-state index contributed by atoms with van der Waals surface area (Å²) in [6.45, 7) is 1.92. The summed E-state index contributed by atoms with van der Waals surface area (Å²) in [5.74, 6) is -0.589. The molecule has 1 rings (SSSR count). The molecule has 0 unspecified atom stereocenters. The Bertz CT molecular complexity index is 462. The molecule has 0 spiro atoms. The Morgan fingerprint density at radius 3 is 2.62 bits per heavy atom. The van der Waals surface area contributed by atoms with Gasteiger partial charge in [0, 0.05) is 0 Å². The molecule has 0 atom stereocenters. The van der Waals surface area contributed by atoms with Gasteiger partial charge in [0.05, 0.1) is 14.4 Å². The molecule has 16 heavy (non-hydrogen) atoms. The minimum atomic E-state index is -3.24. The topological polar surface area (TPSA) is 51.2 Å². The highest BCUT2D eigenvalue weighted by molar-refractivity contribution is 9.11. The monoisotopic (exact) mass is 324 g/mol. The summed E-state index contributed by atoms with van der Waals surface area (Å²) >= 11 is 4.50. The SMILES string of the molecule is CCCCS(=O)(=O)CC(=O)c1ccc(Br)s1. The van der Waals surface area contributed by atoms with Gasteiger partial charge in [0.15, 0.2) is 15.6 Å². The van der Waals surface area contributed by atoms with Gasteiger partial charge >= 0.3 is 0 Å². The Labute approximate surface area is 108 Å². The van der Waals surface area contributed by atoms with E-state index in [9.17, 15) is 13.2 Å². The average Bonchev–Trinajstić information content (AvgIpc) is 2.61. The van der Waals surface area contributed by atoms with Crippen molar-refractivity contribution in [3.05, 3.63) is 20.8 Å². The van der Waals surface area contributed by atoms with Gasteiger partial charge < -0.3 is 0 Å². The third-order valence-corrected chi connectivity index (χ3v) is 5.29. The second kappa shape index (κ2) is 5.93. The lowest BCUT2D eigenvalue weighted by Gasteiger charge is -2.01. The molecule has 1 heterocycles. The highest BCUT2D eigenvalue weighted by Gasteiger charge is 2.18. The van der Waals surface area contributed by atoms with Gasteiger partial charge in [-0.2, -0.15) is 0 Å². The zero-order valence-electron chi connectivity index (χ0n) is 8.90. The smallest absolute Gasteiger partial charge is 0.187 e. The van der Waals surface area contributed by atoms with E-state index in [-0.39, 0.29) is 17.3 Å². The molecule has 6 heteroatoms. The summed E-state index contributed by atoms with van der Waals surface area (Å²) < 4.78 is 23.9. The zero-order valence-corrected chi connectivity index (χ0v) is 12.1. The highest BCUT2D eigenvalue weighted by Crippen LogP contribution is 2.22. The lowest BCUT2D eigenvalue weighted by Crippen LogP contribution is -2.18. The second-order valence-corrected chi connectivity index (χ2v) is 8.12. The van der Waals surface area contributed by atoms with Crippen molar-refractivity contribution in [1.29, 1.82) is 0 Å². The number of ketones is 1. The van der Waals surface area contributed by atoms with Gasteiger partial charge in [-0.15, -0.1) is 11.3 Å². The fourth-order valence-electron chi connectivity index (χ4n) is 1.17. The molecule has 0 bridgehead atoms. The number of Topliss-reactive ketones (excluding diaryl/α,β-unsaturated/α-hetero) is 1. The Hall–Kier alpha value is -0.200. The molecule has 0 aliphatic rings. The standard InChI is InChI=1S/C10H13BrO3S2/c1-2-3-6-16(13,14)7-8(12)9-4-5-10(11)15-9/h4-5H,2-3,6-7H2,1H3. The fourth-order valence-corrected chi connectivity index (χ4v) is 4.01. The number of halogens is 1. The van der Waals surface area contributed by atoms with Crippen LogP contribution in [0.1, 0.15) is 29.4 Å². The Morgan fingerprint density at radius 2 is 2.12 bits per heavy atom. The van der Waals surface area contributed by atoms with Crippen LogP contribution in [0.5, 0.6) is 0 Å². The van der Waals surface area contributed by atoms with E-state index in [0.717, 1.165) is 10.2 Å². The van der Waals surface area contributed by atoms with Gasteiger partial charge in [0.2, 0.25) is 0 Å². The molecule has 90 valence electrons. The quantitative estimate of drug-likeness (QED) is 0.756. The number of sulfone groups is 1. The van der Waals surface area contributed by atoms with Gasteiger partial charge in [-0.3, -0.25) is 4.79 Å². The van der Waals surface area contributed by atoms with Crippen LogP contribution in [0, 0.1) is 0 Å². The second-order valence-electron chi connectivity index (χ2n) is 3.47. The van der Waals surface area contributed by atoms with Crippen molar-refractivity contribution >= 4 is 42.9 Å². The summed E-state index contributed by atoms with van der Waals surface area (Å²) in [6, 6.07) is 3.39. The number of thiophene rings is 1. The number of hydrogen-bond acceptors (Lipinski definition) is 4. The molecule has 0 saturated carbocycles. The zero-order chi connectivity index (χ0) is 12.2. The Morgan fingerprint density at radius 1 is 1.44 bits per heavy atom.